The lowest BCUT2D eigenvalue weighted by molar-refractivity contribution is -0.137. The van der Waals surface area contributed by atoms with E-state index in [2.05, 4.69) is 27.1 Å². The standard InChI is InChI=1S/C14H19N5O2S/c1-2-12-16-17-14(22-12)18-7-3-4-10(8-18)11-5-6-15-19(11)9-13(20)21/h5-6,10H,2-4,7-9H2,1H3,(H,20,21)/t10-/m1/s1. The van der Waals surface area contributed by atoms with E-state index in [0.29, 0.717) is 0 Å². The molecule has 2 aromatic heterocycles. The molecule has 2 aromatic rings. The highest BCUT2D eigenvalue weighted by Crippen LogP contribution is 2.31. The number of hydrogen-bond donors (Lipinski definition) is 1. The van der Waals surface area contributed by atoms with Gasteiger partial charge in [0.05, 0.1) is 0 Å². The zero-order valence-corrected chi connectivity index (χ0v) is 13.3. The molecule has 8 heteroatoms. The Morgan fingerprint density at radius 2 is 2.36 bits per heavy atom. The van der Waals surface area contributed by atoms with Crippen molar-refractivity contribution in [3.05, 3.63) is 23.0 Å². The Balaban J connectivity index is 1.75. The molecule has 0 amide bonds. The van der Waals surface area contributed by atoms with E-state index in [9.17, 15) is 4.79 Å². The Morgan fingerprint density at radius 3 is 3.09 bits per heavy atom. The molecule has 1 atom stereocenters. The number of carbonyl (C=O) groups is 1. The molecular weight excluding hydrogens is 302 g/mol. The van der Waals surface area contributed by atoms with Gasteiger partial charge in [0.1, 0.15) is 11.6 Å². The van der Waals surface area contributed by atoms with Crippen LogP contribution in [0.25, 0.3) is 0 Å². The second kappa shape index (κ2) is 6.43. The smallest absolute Gasteiger partial charge is 0.325 e. The molecule has 1 fully saturated rings. The molecule has 0 bridgehead atoms. The van der Waals surface area contributed by atoms with Gasteiger partial charge < -0.3 is 10.0 Å². The average Bonchev–Trinajstić information content (AvgIpc) is 3.15. The van der Waals surface area contributed by atoms with Crippen LogP contribution in [0.1, 0.15) is 36.4 Å². The molecule has 118 valence electrons. The van der Waals surface area contributed by atoms with Gasteiger partial charge in [-0.1, -0.05) is 18.3 Å². The largest absolute Gasteiger partial charge is 0.480 e. The third-order valence-corrected chi connectivity index (χ3v) is 5.03. The van der Waals surface area contributed by atoms with Gasteiger partial charge in [-0.3, -0.25) is 9.48 Å². The van der Waals surface area contributed by atoms with E-state index >= 15 is 0 Å². The van der Waals surface area contributed by atoms with Gasteiger partial charge in [0.2, 0.25) is 5.13 Å². The number of nitrogens with zero attached hydrogens (tertiary/aromatic N) is 5. The van der Waals surface area contributed by atoms with Crippen molar-refractivity contribution in [1.29, 1.82) is 0 Å². The van der Waals surface area contributed by atoms with E-state index in [0.717, 1.165) is 48.2 Å². The maximum absolute atomic E-state index is 10.9. The van der Waals surface area contributed by atoms with Crippen molar-refractivity contribution in [2.45, 2.75) is 38.6 Å². The normalized spacial score (nSPS) is 18.6. The van der Waals surface area contributed by atoms with Crippen molar-refractivity contribution in [2.24, 2.45) is 0 Å². The molecule has 0 aliphatic carbocycles. The van der Waals surface area contributed by atoms with Gasteiger partial charge in [-0.2, -0.15) is 5.10 Å². The van der Waals surface area contributed by atoms with Crippen LogP contribution >= 0.6 is 11.3 Å². The molecule has 3 heterocycles. The highest BCUT2D eigenvalue weighted by molar-refractivity contribution is 7.15. The van der Waals surface area contributed by atoms with Gasteiger partial charge in [-0.25, -0.2) is 0 Å². The summed E-state index contributed by atoms with van der Waals surface area (Å²) in [5, 5.41) is 23.6. The van der Waals surface area contributed by atoms with Crippen molar-refractivity contribution < 1.29 is 9.90 Å². The first-order valence-electron chi connectivity index (χ1n) is 7.48. The zero-order valence-electron chi connectivity index (χ0n) is 12.5. The number of anilines is 1. The van der Waals surface area contributed by atoms with E-state index in [4.69, 9.17) is 5.11 Å². The van der Waals surface area contributed by atoms with Gasteiger partial charge in [0.15, 0.2) is 0 Å². The maximum Gasteiger partial charge on any atom is 0.325 e. The molecule has 1 N–H and O–H groups in total. The van der Waals surface area contributed by atoms with Gasteiger partial charge >= 0.3 is 5.97 Å². The molecule has 0 radical (unpaired) electrons. The highest BCUT2D eigenvalue weighted by Gasteiger charge is 2.26. The Bertz CT molecular complexity index is 653. The van der Waals surface area contributed by atoms with Crippen LogP contribution in [0.5, 0.6) is 0 Å². The van der Waals surface area contributed by atoms with Crippen LogP contribution in [0, 0.1) is 0 Å². The number of aryl methyl sites for hydroxylation is 1. The summed E-state index contributed by atoms with van der Waals surface area (Å²) < 4.78 is 1.59. The second-order valence-electron chi connectivity index (χ2n) is 5.42. The van der Waals surface area contributed by atoms with E-state index in [1.807, 2.05) is 6.07 Å². The number of piperidine rings is 1. The number of rotatable bonds is 5. The van der Waals surface area contributed by atoms with Crippen molar-refractivity contribution in [3.63, 3.8) is 0 Å². The summed E-state index contributed by atoms with van der Waals surface area (Å²) in [5.74, 6) is -0.584. The van der Waals surface area contributed by atoms with Crippen LogP contribution < -0.4 is 4.90 Å². The lowest BCUT2D eigenvalue weighted by Gasteiger charge is -2.32. The van der Waals surface area contributed by atoms with Crippen molar-refractivity contribution in [2.75, 3.05) is 18.0 Å². The minimum Gasteiger partial charge on any atom is -0.480 e. The van der Waals surface area contributed by atoms with E-state index in [1.165, 1.54) is 0 Å². The summed E-state index contributed by atoms with van der Waals surface area (Å²) in [7, 11) is 0. The number of carboxylic acid groups (broad SMARTS) is 1. The number of aliphatic carboxylic acids is 1. The van der Waals surface area contributed by atoms with Gasteiger partial charge in [0, 0.05) is 30.9 Å². The monoisotopic (exact) mass is 321 g/mol. The molecule has 0 saturated carbocycles. The molecule has 1 aliphatic heterocycles. The van der Waals surface area contributed by atoms with E-state index in [-0.39, 0.29) is 12.5 Å². The van der Waals surface area contributed by atoms with Crippen LogP contribution in [0.15, 0.2) is 12.3 Å². The molecule has 0 unspecified atom stereocenters. The van der Waals surface area contributed by atoms with Gasteiger partial charge in [-0.15, -0.1) is 10.2 Å². The molecule has 1 saturated heterocycles. The predicted octanol–water partition coefficient (Wildman–Crippen LogP) is 1.77. The second-order valence-corrected chi connectivity index (χ2v) is 6.47. The zero-order chi connectivity index (χ0) is 15.5. The summed E-state index contributed by atoms with van der Waals surface area (Å²) in [6.45, 7) is 3.80. The molecule has 0 aromatic carbocycles. The fourth-order valence-electron chi connectivity index (χ4n) is 2.86. The Kier molecular flexibility index (Phi) is 4.37. The third kappa shape index (κ3) is 3.11. The fraction of sp³-hybridized carbons (Fsp3) is 0.571. The van der Waals surface area contributed by atoms with Crippen LogP contribution in [-0.4, -0.2) is 44.1 Å². The average molecular weight is 321 g/mol. The molecular formula is C14H19N5O2S. The lowest BCUT2D eigenvalue weighted by atomic mass is 9.95. The Morgan fingerprint density at radius 1 is 1.50 bits per heavy atom. The molecule has 0 spiro atoms. The number of hydrogen-bond acceptors (Lipinski definition) is 6. The summed E-state index contributed by atoms with van der Waals surface area (Å²) in [6, 6.07) is 1.93. The van der Waals surface area contributed by atoms with Gasteiger partial charge in [0.25, 0.3) is 0 Å². The Hall–Kier alpha value is -1.96. The molecule has 1 aliphatic rings. The summed E-state index contributed by atoms with van der Waals surface area (Å²) in [5.41, 5.74) is 0.993. The fourth-order valence-corrected chi connectivity index (χ4v) is 3.67. The van der Waals surface area contributed by atoms with Crippen LogP contribution in [0.2, 0.25) is 0 Å². The highest BCUT2D eigenvalue weighted by atomic mass is 32.1. The van der Waals surface area contributed by atoms with Crippen LogP contribution in [-0.2, 0) is 17.8 Å². The SMILES string of the molecule is CCc1nnc(N2CCC[C@@H](c3ccnn3CC(=O)O)C2)s1. The first-order chi connectivity index (χ1) is 10.7. The van der Waals surface area contributed by atoms with Gasteiger partial charge in [-0.05, 0) is 25.3 Å². The van der Waals surface area contributed by atoms with Crippen molar-refractivity contribution in [1.82, 2.24) is 20.0 Å². The third-order valence-electron chi connectivity index (χ3n) is 3.90. The molecule has 3 rings (SSSR count). The Labute approximate surface area is 132 Å². The number of carboxylic acids is 1. The van der Waals surface area contributed by atoms with Crippen molar-refractivity contribution in [3.8, 4) is 0 Å². The maximum atomic E-state index is 10.9. The summed E-state index contributed by atoms with van der Waals surface area (Å²) in [6.07, 6.45) is 4.68. The topological polar surface area (TPSA) is 84.1 Å². The first-order valence-corrected chi connectivity index (χ1v) is 8.30. The van der Waals surface area contributed by atoms with Crippen molar-refractivity contribution >= 4 is 22.4 Å². The first kappa shape index (κ1) is 15.0. The van der Waals surface area contributed by atoms with E-state index in [1.54, 1.807) is 22.2 Å². The summed E-state index contributed by atoms with van der Waals surface area (Å²) >= 11 is 1.64. The van der Waals surface area contributed by atoms with Crippen LogP contribution in [0.3, 0.4) is 0 Å². The van der Waals surface area contributed by atoms with E-state index < -0.39 is 5.97 Å². The molecule has 7 nitrogen and oxygen atoms in total. The predicted molar refractivity (Wildman–Crippen MR) is 83.3 cm³/mol. The lowest BCUT2D eigenvalue weighted by Crippen LogP contribution is -2.35. The van der Waals surface area contributed by atoms with Crippen LogP contribution in [0.4, 0.5) is 5.13 Å². The number of aromatic nitrogens is 4. The molecule has 22 heavy (non-hydrogen) atoms. The minimum absolute atomic E-state index is 0.0857. The quantitative estimate of drug-likeness (QED) is 0.903. The minimum atomic E-state index is -0.866. The summed E-state index contributed by atoms with van der Waals surface area (Å²) in [4.78, 5) is 13.2.